The molecule has 2 aliphatic rings. The lowest BCUT2D eigenvalue weighted by Gasteiger charge is -2.25. The normalized spacial score (nSPS) is 27.6. The van der Waals surface area contributed by atoms with Crippen LogP contribution in [0.1, 0.15) is 48.9 Å². The Morgan fingerprint density at radius 1 is 1.30 bits per heavy atom. The molecule has 1 N–H and O–H groups in total. The fraction of sp³-hybridized carbons (Fsp3) is 0.786. The molecule has 0 saturated carbocycles. The summed E-state index contributed by atoms with van der Waals surface area (Å²) < 4.78 is 25.1. The SMILES string of the molecule is Cc1c(C2CCCNC2)cnn1C1CCS(=O)(=O)CC1. The van der Waals surface area contributed by atoms with E-state index in [2.05, 4.69) is 22.0 Å². The Morgan fingerprint density at radius 3 is 2.70 bits per heavy atom. The molecule has 1 atom stereocenters. The molecule has 3 rings (SSSR count). The number of nitrogens with one attached hydrogen (secondary N) is 1. The summed E-state index contributed by atoms with van der Waals surface area (Å²) in [5, 5.41) is 8.00. The minimum Gasteiger partial charge on any atom is -0.316 e. The van der Waals surface area contributed by atoms with Crippen LogP contribution in [-0.4, -0.2) is 42.8 Å². The van der Waals surface area contributed by atoms with Gasteiger partial charge in [0.2, 0.25) is 0 Å². The summed E-state index contributed by atoms with van der Waals surface area (Å²) in [7, 11) is -2.80. The molecular weight excluding hydrogens is 274 g/mol. The first kappa shape index (κ1) is 14.1. The van der Waals surface area contributed by atoms with Gasteiger partial charge in [0, 0.05) is 12.2 Å². The largest absolute Gasteiger partial charge is 0.316 e. The highest BCUT2D eigenvalue weighted by molar-refractivity contribution is 7.91. The third-order valence-electron chi connectivity index (χ3n) is 4.69. The maximum absolute atomic E-state index is 11.5. The molecule has 0 amide bonds. The van der Waals surface area contributed by atoms with E-state index >= 15 is 0 Å². The van der Waals surface area contributed by atoms with Crippen LogP contribution in [0.3, 0.4) is 0 Å². The van der Waals surface area contributed by atoms with Crippen LogP contribution in [0.2, 0.25) is 0 Å². The Balaban J connectivity index is 1.76. The maximum atomic E-state index is 11.5. The van der Waals surface area contributed by atoms with E-state index < -0.39 is 9.84 Å². The average molecular weight is 297 g/mol. The smallest absolute Gasteiger partial charge is 0.150 e. The van der Waals surface area contributed by atoms with Crippen molar-refractivity contribution in [2.24, 2.45) is 0 Å². The van der Waals surface area contributed by atoms with Gasteiger partial charge in [-0.05, 0) is 50.6 Å². The monoisotopic (exact) mass is 297 g/mol. The van der Waals surface area contributed by atoms with Gasteiger partial charge in [0.1, 0.15) is 9.84 Å². The molecule has 6 heteroatoms. The Hall–Kier alpha value is -0.880. The lowest BCUT2D eigenvalue weighted by Crippen LogP contribution is -2.29. The predicted octanol–water partition coefficient (Wildman–Crippen LogP) is 1.41. The van der Waals surface area contributed by atoms with Crippen molar-refractivity contribution in [2.45, 2.75) is 44.6 Å². The van der Waals surface area contributed by atoms with Crippen LogP contribution >= 0.6 is 0 Å². The number of rotatable bonds is 2. The first-order valence-corrected chi connectivity index (χ1v) is 9.34. The van der Waals surface area contributed by atoms with Crippen molar-refractivity contribution >= 4 is 9.84 Å². The highest BCUT2D eigenvalue weighted by Crippen LogP contribution is 2.30. The number of piperidine rings is 1. The summed E-state index contributed by atoms with van der Waals surface area (Å²) in [6.07, 6.45) is 5.84. The number of hydrogen-bond donors (Lipinski definition) is 1. The molecule has 0 bridgehead atoms. The van der Waals surface area contributed by atoms with E-state index in [1.165, 1.54) is 24.1 Å². The molecule has 3 heterocycles. The molecule has 1 aromatic rings. The quantitative estimate of drug-likeness (QED) is 0.896. The second-order valence-corrected chi connectivity index (χ2v) is 8.36. The third kappa shape index (κ3) is 2.76. The zero-order valence-electron chi connectivity index (χ0n) is 12.0. The highest BCUT2D eigenvalue weighted by Gasteiger charge is 2.28. The van der Waals surface area contributed by atoms with Crippen LogP contribution in [-0.2, 0) is 9.84 Å². The van der Waals surface area contributed by atoms with E-state index in [9.17, 15) is 8.42 Å². The maximum Gasteiger partial charge on any atom is 0.150 e. The van der Waals surface area contributed by atoms with Crippen molar-refractivity contribution in [2.75, 3.05) is 24.6 Å². The molecule has 1 aromatic heterocycles. The van der Waals surface area contributed by atoms with Crippen molar-refractivity contribution in [3.8, 4) is 0 Å². The lowest BCUT2D eigenvalue weighted by molar-refractivity contribution is 0.403. The van der Waals surface area contributed by atoms with Gasteiger partial charge in [-0.1, -0.05) is 0 Å². The molecule has 1 unspecified atom stereocenters. The van der Waals surface area contributed by atoms with Crippen molar-refractivity contribution in [3.05, 3.63) is 17.5 Å². The first-order chi connectivity index (χ1) is 9.57. The Bertz CT molecular complexity index is 559. The van der Waals surface area contributed by atoms with Gasteiger partial charge in [-0.25, -0.2) is 8.42 Å². The highest BCUT2D eigenvalue weighted by atomic mass is 32.2. The molecule has 0 aliphatic carbocycles. The van der Waals surface area contributed by atoms with Gasteiger partial charge in [0.05, 0.1) is 23.7 Å². The van der Waals surface area contributed by atoms with Crippen molar-refractivity contribution in [1.29, 1.82) is 0 Å². The number of hydrogen-bond acceptors (Lipinski definition) is 4. The fourth-order valence-corrected chi connectivity index (χ4v) is 4.91. The second-order valence-electron chi connectivity index (χ2n) is 6.06. The molecule has 5 nitrogen and oxygen atoms in total. The summed E-state index contributed by atoms with van der Waals surface area (Å²) in [4.78, 5) is 0. The molecule has 2 fully saturated rings. The van der Waals surface area contributed by atoms with Crippen molar-refractivity contribution in [3.63, 3.8) is 0 Å². The molecule has 0 spiro atoms. The Labute approximate surface area is 120 Å². The van der Waals surface area contributed by atoms with Gasteiger partial charge in [-0.2, -0.15) is 5.10 Å². The zero-order chi connectivity index (χ0) is 14.2. The summed E-state index contributed by atoms with van der Waals surface area (Å²) in [6.45, 7) is 4.27. The summed E-state index contributed by atoms with van der Waals surface area (Å²) in [6, 6.07) is 0.254. The van der Waals surface area contributed by atoms with E-state index in [4.69, 9.17) is 0 Å². The van der Waals surface area contributed by atoms with E-state index in [0.717, 1.165) is 13.1 Å². The van der Waals surface area contributed by atoms with Crippen molar-refractivity contribution in [1.82, 2.24) is 15.1 Å². The average Bonchev–Trinajstić information content (AvgIpc) is 2.82. The van der Waals surface area contributed by atoms with E-state index in [-0.39, 0.29) is 6.04 Å². The minimum absolute atomic E-state index is 0.254. The first-order valence-electron chi connectivity index (χ1n) is 7.52. The van der Waals surface area contributed by atoms with Gasteiger partial charge in [0.25, 0.3) is 0 Å². The van der Waals surface area contributed by atoms with Crippen LogP contribution < -0.4 is 5.32 Å². The minimum atomic E-state index is -2.80. The molecular formula is C14H23N3O2S. The number of sulfone groups is 1. The topological polar surface area (TPSA) is 64.0 Å². The van der Waals surface area contributed by atoms with Gasteiger partial charge in [-0.3, -0.25) is 4.68 Å². The summed E-state index contributed by atoms with van der Waals surface area (Å²) >= 11 is 0. The third-order valence-corrected chi connectivity index (χ3v) is 6.40. The number of nitrogens with zero attached hydrogens (tertiary/aromatic N) is 2. The van der Waals surface area contributed by atoms with Crippen LogP contribution in [0.4, 0.5) is 0 Å². The molecule has 2 aliphatic heterocycles. The summed E-state index contributed by atoms with van der Waals surface area (Å²) in [5.74, 6) is 1.17. The van der Waals surface area contributed by atoms with Crippen LogP contribution in [0.25, 0.3) is 0 Å². The van der Waals surface area contributed by atoms with E-state index in [1.54, 1.807) is 0 Å². The van der Waals surface area contributed by atoms with Crippen LogP contribution in [0.15, 0.2) is 6.20 Å². The number of aromatic nitrogens is 2. The Kier molecular flexibility index (Phi) is 3.86. The van der Waals surface area contributed by atoms with Gasteiger partial charge >= 0.3 is 0 Å². The molecule has 20 heavy (non-hydrogen) atoms. The van der Waals surface area contributed by atoms with Gasteiger partial charge in [-0.15, -0.1) is 0 Å². The van der Waals surface area contributed by atoms with Crippen LogP contribution in [0, 0.1) is 6.92 Å². The molecule has 2 saturated heterocycles. The lowest BCUT2D eigenvalue weighted by atomic mass is 9.92. The van der Waals surface area contributed by atoms with E-state index in [0.29, 0.717) is 30.3 Å². The standard InChI is InChI=1S/C14H23N3O2S/c1-11-14(12-3-2-6-15-9-12)10-16-17(11)13-4-7-20(18,19)8-5-13/h10,12-13,15H,2-9H2,1H3. The zero-order valence-corrected chi connectivity index (χ0v) is 12.8. The van der Waals surface area contributed by atoms with Crippen LogP contribution in [0.5, 0.6) is 0 Å². The predicted molar refractivity (Wildman–Crippen MR) is 78.7 cm³/mol. The molecule has 0 radical (unpaired) electrons. The van der Waals surface area contributed by atoms with Crippen molar-refractivity contribution < 1.29 is 8.42 Å². The molecule has 0 aromatic carbocycles. The Morgan fingerprint density at radius 2 is 2.05 bits per heavy atom. The molecule has 112 valence electrons. The fourth-order valence-electron chi connectivity index (χ4n) is 3.45. The summed E-state index contributed by atoms with van der Waals surface area (Å²) in [5.41, 5.74) is 2.56. The van der Waals surface area contributed by atoms with Gasteiger partial charge < -0.3 is 5.32 Å². The van der Waals surface area contributed by atoms with Gasteiger partial charge in [0.15, 0.2) is 0 Å². The van der Waals surface area contributed by atoms with E-state index in [1.807, 2.05) is 6.20 Å². The second kappa shape index (κ2) is 5.48.